The first-order chi connectivity index (χ1) is 9.25. The molecule has 3 rings (SSSR count). The lowest BCUT2D eigenvalue weighted by Crippen LogP contribution is -2.27. The number of thiazole rings is 1. The molecule has 1 fully saturated rings. The van der Waals surface area contributed by atoms with E-state index in [0.717, 1.165) is 31.6 Å². The zero-order valence-corrected chi connectivity index (χ0v) is 11.2. The van der Waals surface area contributed by atoms with Gasteiger partial charge in [0.25, 0.3) is 5.91 Å². The predicted molar refractivity (Wildman–Crippen MR) is 73.3 cm³/mol. The molecule has 1 aliphatic rings. The number of nitrogens with two attached hydrogens (primary N) is 1. The molecule has 0 bridgehead atoms. The number of aromatic nitrogens is 3. The molecule has 0 amide bonds. The molecule has 0 aromatic carbocycles. The first-order valence-corrected chi connectivity index (χ1v) is 7.19. The molecular formula is C12H15N5OS. The Labute approximate surface area is 114 Å². The Morgan fingerprint density at radius 1 is 1.47 bits per heavy atom. The molecule has 0 saturated carbocycles. The largest absolute Gasteiger partial charge is 0.383 e. The van der Waals surface area contributed by atoms with Gasteiger partial charge in [0.05, 0.1) is 11.2 Å². The van der Waals surface area contributed by atoms with Gasteiger partial charge in [0.1, 0.15) is 11.5 Å². The van der Waals surface area contributed by atoms with Crippen molar-refractivity contribution in [3.05, 3.63) is 28.3 Å². The van der Waals surface area contributed by atoms with Crippen LogP contribution in [0.5, 0.6) is 0 Å². The number of anilines is 1. The summed E-state index contributed by atoms with van der Waals surface area (Å²) in [6.45, 7) is 1.97. The van der Waals surface area contributed by atoms with Crippen LogP contribution in [0.25, 0.3) is 0 Å². The number of nitrogen functional groups attached to an aromatic ring is 1. The van der Waals surface area contributed by atoms with Crippen molar-refractivity contribution in [2.75, 3.05) is 18.8 Å². The van der Waals surface area contributed by atoms with E-state index in [1.165, 1.54) is 16.0 Å². The zero-order valence-electron chi connectivity index (χ0n) is 10.4. The fourth-order valence-corrected chi connectivity index (χ4v) is 2.85. The van der Waals surface area contributed by atoms with E-state index in [0.29, 0.717) is 17.4 Å². The van der Waals surface area contributed by atoms with Crippen LogP contribution in [-0.4, -0.2) is 33.8 Å². The highest BCUT2D eigenvalue weighted by molar-refractivity contribution is 7.07. The lowest BCUT2D eigenvalue weighted by molar-refractivity contribution is 0.0943. The summed E-state index contributed by atoms with van der Waals surface area (Å²) >= 11 is 1.38. The van der Waals surface area contributed by atoms with Crippen molar-refractivity contribution in [1.29, 1.82) is 0 Å². The Morgan fingerprint density at radius 3 is 2.95 bits per heavy atom. The number of carbonyl (C=O) groups excluding carboxylic acids is 1. The first-order valence-electron chi connectivity index (χ1n) is 6.25. The smallest absolute Gasteiger partial charge is 0.299 e. The lowest BCUT2D eigenvalue weighted by atomic mass is 9.95. The van der Waals surface area contributed by atoms with Crippen molar-refractivity contribution in [3.8, 4) is 0 Å². The molecule has 0 spiro atoms. The molecular weight excluding hydrogens is 262 g/mol. The number of hydrogen-bond donors (Lipinski definition) is 2. The lowest BCUT2D eigenvalue weighted by Gasteiger charge is -2.20. The van der Waals surface area contributed by atoms with Gasteiger partial charge in [0, 0.05) is 17.4 Å². The minimum absolute atomic E-state index is 0.265. The van der Waals surface area contributed by atoms with E-state index in [4.69, 9.17) is 5.73 Å². The zero-order chi connectivity index (χ0) is 13.2. The van der Waals surface area contributed by atoms with Gasteiger partial charge in [-0.15, -0.1) is 11.3 Å². The quantitative estimate of drug-likeness (QED) is 0.858. The minimum atomic E-state index is -0.265. The van der Waals surface area contributed by atoms with Gasteiger partial charge < -0.3 is 11.1 Å². The highest BCUT2D eigenvalue weighted by Crippen LogP contribution is 2.25. The topological polar surface area (TPSA) is 85.8 Å². The molecule has 0 radical (unpaired) electrons. The maximum Gasteiger partial charge on any atom is 0.299 e. The number of rotatable bonds is 2. The molecule has 19 heavy (non-hydrogen) atoms. The van der Waals surface area contributed by atoms with E-state index < -0.39 is 0 Å². The van der Waals surface area contributed by atoms with Gasteiger partial charge in [-0.2, -0.15) is 9.78 Å². The molecule has 3 heterocycles. The number of nitrogens with zero attached hydrogens (tertiary/aromatic N) is 3. The third-order valence-electron chi connectivity index (χ3n) is 3.36. The van der Waals surface area contributed by atoms with Crippen molar-refractivity contribution in [2.24, 2.45) is 0 Å². The standard InChI is InChI=1S/C12H15N5OS/c13-11-5-9(8-1-3-14-4-2-8)16-17(11)12(18)10-6-19-7-15-10/h5-8,14H,1-4,13H2. The van der Waals surface area contributed by atoms with Gasteiger partial charge in [-0.3, -0.25) is 4.79 Å². The second kappa shape index (κ2) is 5.10. The van der Waals surface area contributed by atoms with E-state index >= 15 is 0 Å². The third-order valence-corrected chi connectivity index (χ3v) is 3.94. The first kappa shape index (κ1) is 12.3. The number of piperidine rings is 1. The van der Waals surface area contributed by atoms with Gasteiger partial charge in [-0.05, 0) is 25.9 Å². The molecule has 0 atom stereocenters. The highest BCUT2D eigenvalue weighted by Gasteiger charge is 2.22. The Morgan fingerprint density at radius 2 is 2.26 bits per heavy atom. The summed E-state index contributed by atoms with van der Waals surface area (Å²) in [6.07, 6.45) is 2.06. The summed E-state index contributed by atoms with van der Waals surface area (Å²) in [5.41, 5.74) is 8.81. The molecule has 7 heteroatoms. The van der Waals surface area contributed by atoms with Gasteiger partial charge >= 0.3 is 0 Å². The molecule has 0 aliphatic carbocycles. The van der Waals surface area contributed by atoms with Crippen LogP contribution in [0.1, 0.15) is 34.9 Å². The Bertz CT molecular complexity index is 571. The van der Waals surface area contributed by atoms with Crippen LogP contribution in [0, 0.1) is 0 Å². The van der Waals surface area contributed by atoms with Crippen LogP contribution >= 0.6 is 11.3 Å². The summed E-state index contributed by atoms with van der Waals surface area (Å²) in [5, 5.41) is 9.38. The van der Waals surface area contributed by atoms with E-state index in [9.17, 15) is 4.79 Å². The fourth-order valence-electron chi connectivity index (χ4n) is 2.32. The van der Waals surface area contributed by atoms with Crippen LogP contribution in [0.3, 0.4) is 0 Å². The summed E-state index contributed by atoms with van der Waals surface area (Å²) in [4.78, 5) is 16.2. The summed E-state index contributed by atoms with van der Waals surface area (Å²) in [6, 6.07) is 1.81. The monoisotopic (exact) mass is 277 g/mol. The number of nitrogens with one attached hydrogen (secondary N) is 1. The number of carbonyl (C=O) groups is 1. The normalized spacial score (nSPS) is 16.6. The molecule has 0 unspecified atom stereocenters. The predicted octanol–water partition coefficient (Wildman–Crippen LogP) is 1.08. The average Bonchev–Trinajstić information content (AvgIpc) is 3.08. The highest BCUT2D eigenvalue weighted by atomic mass is 32.1. The molecule has 3 N–H and O–H groups in total. The van der Waals surface area contributed by atoms with Crippen molar-refractivity contribution in [1.82, 2.24) is 20.1 Å². The van der Waals surface area contributed by atoms with E-state index in [1.54, 1.807) is 17.0 Å². The van der Waals surface area contributed by atoms with Crippen LogP contribution in [-0.2, 0) is 0 Å². The maximum atomic E-state index is 12.2. The molecule has 1 saturated heterocycles. The van der Waals surface area contributed by atoms with Gasteiger partial charge in [-0.25, -0.2) is 4.98 Å². The molecule has 1 aliphatic heterocycles. The van der Waals surface area contributed by atoms with Gasteiger partial charge in [-0.1, -0.05) is 0 Å². The molecule has 2 aromatic heterocycles. The Kier molecular flexibility index (Phi) is 3.31. The second-order valence-electron chi connectivity index (χ2n) is 4.61. The van der Waals surface area contributed by atoms with Gasteiger partial charge in [0.15, 0.2) is 0 Å². The summed E-state index contributed by atoms with van der Waals surface area (Å²) < 4.78 is 1.26. The third kappa shape index (κ3) is 2.39. The van der Waals surface area contributed by atoms with Crippen molar-refractivity contribution in [3.63, 3.8) is 0 Å². The van der Waals surface area contributed by atoms with Crippen LogP contribution in [0.4, 0.5) is 5.82 Å². The summed E-state index contributed by atoms with van der Waals surface area (Å²) in [5.74, 6) is 0.499. The van der Waals surface area contributed by atoms with Crippen LogP contribution < -0.4 is 11.1 Å². The van der Waals surface area contributed by atoms with Crippen molar-refractivity contribution in [2.45, 2.75) is 18.8 Å². The van der Waals surface area contributed by atoms with Crippen molar-refractivity contribution < 1.29 is 4.79 Å². The Balaban J connectivity index is 1.87. The molecule has 100 valence electrons. The average molecular weight is 277 g/mol. The van der Waals surface area contributed by atoms with Crippen LogP contribution in [0.15, 0.2) is 17.0 Å². The Hall–Kier alpha value is -1.73. The fraction of sp³-hybridized carbons (Fsp3) is 0.417. The minimum Gasteiger partial charge on any atom is -0.383 e. The second-order valence-corrected chi connectivity index (χ2v) is 5.33. The van der Waals surface area contributed by atoms with E-state index in [2.05, 4.69) is 15.4 Å². The summed E-state index contributed by atoms with van der Waals surface area (Å²) in [7, 11) is 0. The van der Waals surface area contributed by atoms with E-state index in [-0.39, 0.29) is 5.91 Å². The SMILES string of the molecule is Nc1cc(C2CCNCC2)nn1C(=O)c1cscn1. The number of hydrogen-bond acceptors (Lipinski definition) is 6. The van der Waals surface area contributed by atoms with Crippen LogP contribution in [0.2, 0.25) is 0 Å². The maximum absolute atomic E-state index is 12.2. The van der Waals surface area contributed by atoms with Gasteiger partial charge in [0.2, 0.25) is 0 Å². The molecule has 2 aromatic rings. The van der Waals surface area contributed by atoms with Crippen molar-refractivity contribution >= 4 is 23.1 Å². The molecule has 6 nitrogen and oxygen atoms in total. The van der Waals surface area contributed by atoms with E-state index in [1.807, 2.05) is 0 Å².